The van der Waals surface area contributed by atoms with Gasteiger partial charge in [-0.2, -0.15) is 0 Å². The van der Waals surface area contributed by atoms with Gasteiger partial charge in [0.1, 0.15) is 48.4 Å². The minimum atomic E-state index is -2.66. The topological polar surface area (TPSA) is 493 Å². The summed E-state index contributed by atoms with van der Waals surface area (Å²) >= 11 is 0. The van der Waals surface area contributed by atoms with Gasteiger partial charge in [-0.15, -0.1) is 0 Å². The Balaban J connectivity index is 7.14. The molecule has 0 aromatic carbocycles. The predicted octanol–water partition coefficient (Wildman–Crippen LogP) is -8.75. The molecular formula is C36H59N3O24. The second kappa shape index (κ2) is 28.2. The zero-order chi connectivity index (χ0) is 49.0. The fraction of sp³-hybridized carbons (Fsp3) is 0.750. The SMILES string of the molecule is CCC(=O)C[C@H](C(=O)N[C@@H](CC(=O)O)C(=O)C[C@H](C(=O)N[C@@H](CC(=O)O)C(=O)C[C@H](C(=O)N[C@@H](CC)C(=O)O)[C@@H](O)[C@H](O)[C@H](O)CO)[C@@H](O)[C@H](O)[C@H](O)CO)[C@@H](O)[C@H](O)[C@H](O)CO. The number of aliphatic carboxylic acids is 3. The lowest BCUT2D eigenvalue weighted by molar-refractivity contribution is -0.150. The van der Waals surface area contributed by atoms with E-state index in [-0.39, 0.29) is 12.8 Å². The fourth-order valence-corrected chi connectivity index (χ4v) is 5.95. The Morgan fingerprint density at radius 2 is 0.698 bits per heavy atom. The van der Waals surface area contributed by atoms with Gasteiger partial charge in [0.15, 0.2) is 11.6 Å². The van der Waals surface area contributed by atoms with Crippen molar-refractivity contribution in [1.29, 1.82) is 0 Å². The van der Waals surface area contributed by atoms with Crippen LogP contribution in [0.25, 0.3) is 0 Å². The van der Waals surface area contributed by atoms with Crippen LogP contribution >= 0.6 is 0 Å². The molecule has 0 aliphatic heterocycles. The smallest absolute Gasteiger partial charge is 0.326 e. The second-order valence-electron chi connectivity index (χ2n) is 14.6. The summed E-state index contributed by atoms with van der Waals surface area (Å²) < 4.78 is 0. The summed E-state index contributed by atoms with van der Waals surface area (Å²) in [4.78, 5) is 115. The van der Waals surface area contributed by atoms with Crippen LogP contribution in [0.15, 0.2) is 0 Å². The minimum Gasteiger partial charge on any atom is -0.481 e. The second-order valence-corrected chi connectivity index (χ2v) is 14.6. The monoisotopic (exact) mass is 917 g/mol. The Bertz CT molecular complexity index is 1560. The molecule has 362 valence electrons. The van der Waals surface area contributed by atoms with Gasteiger partial charge in [0.25, 0.3) is 0 Å². The van der Waals surface area contributed by atoms with Crippen LogP contribution in [0, 0.1) is 17.8 Å². The van der Waals surface area contributed by atoms with Crippen molar-refractivity contribution in [2.45, 2.75) is 132 Å². The van der Waals surface area contributed by atoms with E-state index in [0.29, 0.717) is 0 Å². The van der Waals surface area contributed by atoms with E-state index in [0.717, 1.165) is 0 Å². The molecule has 0 radical (unpaired) electrons. The van der Waals surface area contributed by atoms with Crippen molar-refractivity contribution in [2.24, 2.45) is 17.8 Å². The average molecular weight is 918 g/mol. The first-order valence-electron chi connectivity index (χ1n) is 19.3. The molecule has 27 heteroatoms. The summed E-state index contributed by atoms with van der Waals surface area (Å²) in [5.74, 6) is -20.5. The molecule has 0 saturated carbocycles. The normalized spacial score (nSPS) is 18.8. The maximum absolute atomic E-state index is 13.8. The van der Waals surface area contributed by atoms with E-state index in [1.165, 1.54) is 13.8 Å². The van der Waals surface area contributed by atoms with Gasteiger partial charge in [0, 0.05) is 25.7 Å². The van der Waals surface area contributed by atoms with Crippen LogP contribution in [-0.2, 0) is 43.2 Å². The predicted molar refractivity (Wildman–Crippen MR) is 203 cm³/mol. The standard InChI is InChI=1S/C36H59N3O24/c1-3-13(43)5-14(27(53)30(56)22(46)10-40)33(59)38-18(8-25(49)50)21(45)7-16(29(55)32(58)24(48)12-42)35(61)39-19(9-26(51)52)20(44)6-15(28(54)31(57)23(47)11-41)34(60)37-17(4-2)36(62)63/h14-19,22-24,27-32,40-42,46-48,53-58H,3-12H2,1-2H3,(H,37,60)(H,38,59)(H,39,61)(H,49,50)(H,51,52)(H,62,63)/t14-,15-,16-,17-,18-,19-,22+,23+,24+,27+,28+,29+,30+,31+,32+/m0/s1. The highest BCUT2D eigenvalue weighted by Gasteiger charge is 2.44. The number of aliphatic hydroxyl groups is 12. The third-order valence-corrected chi connectivity index (χ3v) is 9.92. The summed E-state index contributed by atoms with van der Waals surface area (Å²) in [7, 11) is 0. The first-order valence-corrected chi connectivity index (χ1v) is 19.3. The number of hydrogen-bond acceptors (Lipinski definition) is 21. The van der Waals surface area contributed by atoms with Crippen LogP contribution in [0.4, 0.5) is 0 Å². The van der Waals surface area contributed by atoms with Gasteiger partial charge in [-0.25, -0.2) is 4.79 Å². The third kappa shape index (κ3) is 18.5. The van der Waals surface area contributed by atoms with E-state index in [9.17, 15) is 120 Å². The summed E-state index contributed by atoms with van der Waals surface area (Å²) in [6, 6.07) is -6.26. The molecule has 0 unspecified atom stereocenters. The van der Waals surface area contributed by atoms with E-state index >= 15 is 0 Å². The van der Waals surface area contributed by atoms with E-state index < -0.39 is 196 Å². The highest BCUT2D eigenvalue weighted by Crippen LogP contribution is 2.23. The Kier molecular flexibility index (Phi) is 26.1. The van der Waals surface area contributed by atoms with E-state index in [1.54, 1.807) is 0 Å². The number of carboxylic acid groups (broad SMARTS) is 3. The minimum absolute atomic E-state index is 0.248. The van der Waals surface area contributed by atoms with Gasteiger partial charge >= 0.3 is 17.9 Å². The average Bonchev–Trinajstić information content (AvgIpc) is 3.24. The number of aliphatic hydroxyl groups excluding tert-OH is 12. The molecule has 18 N–H and O–H groups in total. The molecule has 0 aliphatic carbocycles. The Hall–Kier alpha value is -4.65. The zero-order valence-electron chi connectivity index (χ0n) is 34.1. The molecule has 0 aliphatic rings. The molecule has 0 bridgehead atoms. The largest absolute Gasteiger partial charge is 0.481 e. The lowest BCUT2D eigenvalue weighted by Crippen LogP contribution is -2.55. The number of rotatable bonds is 33. The lowest BCUT2D eigenvalue weighted by Gasteiger charge is -2.31. The van der Waals surface area contributed by atoms with Crippen LogP contribution in [-0.4, -0.2) is 222 Å². The van der Waals surface area contributed by atoms with Crippen molar-refractivity contribution >= 4 is 53.0 Å². The number of carbonyl (C=O) groups excluding carboxylic acids is 6. The van der Waals surface area contributed by atoms with Gasteiger partial charge in [0.2, 0.25) is 17.7 Å². The maximum atomic E-state index is 13.8. The van der Waals surface area contributed by atoms with Crippen molar-refractivity contribution in [3.8, 4) is 0 Å². The van der Waals surface area contributed by atoms with Gasteiger partial charge in [-0.1, -0.05) is 13.8 Å². The number of carbonyl (C=O) groups is 9. The number of nitrogens with one attached hydrogen (secondary N) is 3. The van der Waals surface area contributed by atoms with Crippen LogP contribution < -0.4 is 16.0 Å². The molecule has 0 aromatic heterocycles. The number of hydrogen-bond donors (Lipinski definition) is 18. The molecule has 15 atom stereocenters. The summed E-state index contributed by atoms with van der Waals surface area (Å²) in [6.45, 7) is -1.00. The summed E-state index contributed by atoms with van der Waals surface area (Å²) in [5.41, 5.74) is 0. The Morgan fingerprint density at radius 3 is 0.937 bits per heavy atom. The van der Waals surface area contributed by atoms with Crippen molar-refractivity contribution in [1.82, 2.24) is 16.0 Å². The van der Waals surface area contributed by atoms with E-state index in [1.807, 2.05) is 16.0 Å². The van der Waals surface area contributed by atoms with Crippen LogP contribution in [0.1, 0.15) is 58.8 Å². The molecule has 3 amide bonds. The van der Waals surface area contributed by atoms with Gasteiger partial charge in [0.05, 0.1) is 80.8 Å². The van der Waals surface area contributed by atoms with Gasteiger partial charge in [-0.05, 0) is 6.42 Å². The third-order valence-electron chi connectivity index (χ3n) is 9.92. The first kappa shape index (κ1) is 58.4. The molecular weight excluding hydrogens is 858 g/mol. The molecule has 63 heavy (non-hydrogen) atoms. The Morgan fingerprint density at radius 1 is 0.413 bits per heavy atom. The van der Waals surface area contributed by atoms with Crippen molar-refractivity contribution in [2.75, 3.05) is 19.8 Å². The molecule has 0 aromatic rings. The molecule has 0 heterocycles. The van der Waals surface area contributed by atoms with Crippen LogP contribution in [0.5, 0.6) is 0 Å². The maximum Gasteiger partial charge on any atom is 0.326 e. The highest BCUT2D eigenvalue weighted by atomic mass is 16.4. The first-order chi connectivity index (χ1) is 29.2. The molecule has 0 saturated heterocycles. The lowest BCUT2D eigenvalue weighted by atomic mass is 9.85. The fourth-order valence-electron chi connectivity index (χ4n) is 5.95. The summed E-state index contributed by atoms with van der Waals surface area (Å²) in [6.07, 6.45) is -28.2. The van der Waals surface area contributed by atoms with Crippen LogP contribution in [0.2, 0.25) is 0 Å². The molecule has 0 fully saturated rings. The molecule has 0 rings (SSSR count). The van der Waals surface area contributed by atoms with Gasteiger partial charge < -0.3 is 92.5 Å². The van der Waals surface area contributed by atoms with Gasteiger partial charge in [-0.3, -0.25) is 38.4 Å². The van der Waals surface area contributed by atoms with Crippen molar-refractivity contribution in [3.05, 3.63) is 0 Å². The number of carboxylic acids is 3. The van der Waals surface area contributed by atoms with E-state index in [2.05, 4.69) is 0 Å². The van der Waals surface area contributed by atoms with E-state index in [4.69, 9.17) is 0 Å². The van der Waals surface area contributed by atoms with Crippen LogP contribution in [0.3, 0.4) is 0 Å². The van der Waals surface area contributed by atoms with Crippen molar-refractivity contribution < 1.29 is 120 Å². The number of Topliss-reactive ketones (excluding diaryl/α,β-unsaturated/α-hetero) is 3. The highest BCUT2D eigenvalue weighted by molar-refractivity contribution is 5.98. The zero-order valence-corrected chi connectivity index (χ0v) is 34.1. The number of ketones is 3. The summed E-state index contributed by atoms with van der Waals surface area (Å²) in [5, 5.41) is 155. The number of amides is 3. The van der Waals surface area contributed by atoms with Crippen molar-refractivity contribution in [3.63, 3.8) is 0 Å². The molecule has 0 spiro atoms. The Labute approximate surface area is 358 Å². The quantitative estimate of drug-likeness (QED) is 0.0291. The molecule has 27 nitrogen and oxygen atoms in total.